The van der Waals surface area contributed by atoms with Gasteiger partial charge in [0.1, 0.15) is 11.6 Å². The van der Waals surface area contributed by atoms with Gasteiger partial charge in [-0.25, -0.2) is 4.79 Å². The summed E-state index contributed by atoms with van der Waals surface area (Å²) < 4.78 is 4.82. The van der Waals surface area contributed by atoms with Crippen LogP contribution in [-0.2, 0) is 9.53 Å². The predicted octanol–water partition coefficient (Wildman–Crippen LogP) is 4.06. The molecule has 25 heavy (non-hydrogen) atoms. The fourth-order valence-corrected chi connectivity index (χ4v) is 2.28. The predicted molar refractivity (Wildman–Crippen MR) is 96.1 cm³/mol. The zero-order valence-electron chi connectivity index (χ0n) is 13.5. The number of halogens is 1. The highest BCUT2D eigenvalue weighted by Crippen LogP contribution is 2.19. The Morgan fingerprint density at radius 1 is 1.24 bits per heavy atom. The molecule has 5 nitrogen and oxygen atoms in total. The molecule has 0 unspecified atom stereocenters. The molecule has 0 aliphatic carbocycles. The standard InChI is InChI=1S/C19H15ClN2O3/c1-2-25-19(24)14(12-21)10-13-6-5-7-15(11-13)22-18(23)16-8-3-4-9-17(16)20/h3-11H,2H2,1H3,(H,22,23)/b14-10+. The van der Waals surface area contributed by atoms with E-state index in [4.69, 9.17) is 21.6 Å². The number of nitriles is 1. The Kier molecular flexibility index (Phi) is 6.33. The maximum absolute atomic E-state index is 12.3. The number of esters is 1. The van der Waals surface area contributed by atoms with Gasteiger partial charge in [-0.2, -0.15) is 5.26 Å². The summed E-state index contributed by atoms with van der Waals surface area (Å²) >= 11 is 6.01. The molecule has 0 bridgehead atoms. The molecule has 0 saturated carbocycles. The van der Waals surface area contributed by atoms with Gasteiger partial charge in [-0.15, -0.1) is 0 Å². The second kappa shape index (κ2) is 8.67. The van der Waals surface area contributed by atoms with Crippen LogP contribution in [0.1, 0.15) is 22.8 Å². The van der Waals surface area contributed by atoms with E-state index in [1.165, 1.54) is 6.08 Å². The van der Waals surface area contributed by atoms with Crippen molar-refractivity contribution in [2.45, 2.75) is 6.92 Å². The lowest BCUT2D eigenvalue weighted by Crippen LogP contribution is -2.12. The highest BCUT2D eigenvalue weighted by atomic mass is 35.5. The Bertz CT molecular complexity index is 869. The number of nitrogens with zero attached hydrogens (tertiary/aromatic N) is 1. The van der Waals surface area contributed by atoms with Crippen LogP contribution in [0.25, 0.3) is 6.08 Å². The van der Waals surface area contributed by atoms with Gasteiger partial charge in [-0.1, -0.05) is 35.9 Å². The lowest BCUT2D eigenvalue weighted by Gasteiger charge is -2.07. The van der Waals surface area contributed by atoms with E-state index >= 15 is 0 Å². The van der Waals surface area contributed by atoms with Crippen molar-refractivity contribution in [3.05, 3.63) is 70.3 Å². The molecule has 6 heteroatoms. The number of anilines is 1. The van der Waals surface area contributed by atoms with Crippen LogP contribution < -0.4 is 5.32 Å². The van der Waals surface area contributed by atoms with E-state index in [0.717, 1.165) is 0 Å². The molecule has 126 valence electrons. The third kappa shape index (κ3) is 4.93. The van der Waals surface area contributed by atoms with Crippen molar-refractivity contribution >= 4 is 35.2 Å². The normalized spacial score (nSPS) is 10.7. The lowest BCUT2D eigenvalue weighted by molar-refractivity contribution is -0.137. The van der Waals surface area contributed by atoms with Gasteiger partial charge in [0, 0.05) is 5.69 Å². The zero-order valence-corrected chi connectivity index (χ0v) is 14.2. The maximum atomic E-state index is 12.3. The number of carbonyl (C=O) groups is 2. The fourth-order valence-electron chi connectivity index (χ4n) is 2.06. The van der Waals surface area contributed by atoms with Crippen LogP contribution in [0.5, 0.6) is 0 Å². The number of hydrogen-bond donors (Lipinski definition) is 1. The first-order valence-electron chi connectivity index (χ1n) is 7.50. The van der Waals surface area contributed by atoms with E-state index in [2.05, 4.69) is 5.32 Å². The summed E-state index contributed by atoms with van der Waals surface area (Å²) in [6.07, 6.45) is 1.41. The topological polar surface area (TPSA) is 79.2 Å². The zero-order chi connectivity index (χ0) is 18.2. The molecule has 1 N–H and O–H groups in total. The Hall–Kier alpha value is -3.10. The summed E-state index contributed by atoms with van der Waals surface area (Å²) in [5, 5.41) is 12.2. The first kappa shape index (κ1) is 18.2. The van der Waals surface area contributed by atoms with Gasteiger partial charge in [-0.3, -0.25) is 4.79 Å². The van der Waals surface area contributed by atoms with Crippen molar-refractivity contribution in [1.29, 1.82) is 5.26 Å². The molecule has 0 heterocycles. The number of rotatable bonds is 5. The molecule has 0 saturated heterocycles. The Morgan fingerprint density at radius 2 is 2.00 bits per heavy atom. The van der Waals surface area contributed by atoms with Crippen molar-refractivity contribution in [3.8, 4) is 6.07 Å². The number of amides is 1. The highest BCUT2D eigenvalue weighted by molar-refractivity contribution is 6.34. The fraction of sp³-hybridized carbons (Fsp3) is 0.105. The highest BCUT2D eigenvalue weighted by Gasteiger charge is 2.11. The van der Waals surface area contributed by atoms with Crippen LogP contribution in [0.4, 0.5) is 5.69 Å². The smallest absolute Gasteiger partial charge is 0.348 e. The van der Waals surface area contributed by atoms with Crippen molar-refractivity contribution in [2.24, 2.45) is 0 Å². The molecular weight excluding hydrogens is 340 g/mol. The summed E-state index contributed by atoms with van der Waals surface area (Å²) in [5.41, 5.74) is 1.34. The second-order valence-electron chi connectivity index (χ2n) is 4.95. The molecule has 0 aromatic heterocycles. The van der Waals surface area contributed by atoms with Gasteiger partial charge < -0.3 is 10.1 Å². The van der Waals surface area contributed by atoms with Crippen LogP contribution in [0, 0.1) is 11.3 Å². The largest absolute Gasteiger partial charge is 0.462 e. The van der Waals surface area contributed by atoms with Crippen LogP contribution in [0.3, 0.4) is 0 Å². The third-order valence-corrected chi connectivity index (χ3v) is 3.52. The van der Waals surface area contributed by atoms with Gasteiger partial charge in [0.05, 0.1) is 17.2 Å². The van der Waals surface area contributed by atoms with Crippen LogP contribution in [-0.4, -0.2) is 18.5 Å². The molecular formula is C19H15ClN2O3. The van der Waals surface area contributed by atoms with E-state index in [9.17, 15) is 9.59 Å². The summed E-state index contributed by atoms with van der Waals surface area (Å²) in [6.45, 7) is 1.85. The van der Waals surface area contributed by atoms with Crippen LogP contribution in [0.2, 0.25) is 5.02 Å². The number of ether oxygens (including phenoxy) is 1. The van der Waals surface area contributed by atoms with Gasteiger partial charge in [-0.05, 0) is 42.8 Å². The summed E-state index contributed by atoms with van der Waals surface area (Å²) in [6, 6.07) is 15.3. The molecule has 2 rings (SSSR count). The first-order valence-corrected chi connectivity index (χ1v) is 7.87. The SMILES string of the molecule is CCOC(=O)/C(C#N)=C/c1cccc(NC(=O)c2ccccc2Cl)c1. The minimum absolute atomic E-state index is 0.114. The van der Waals surface area contributed by atoms with Crippen LogP contribution in [0.15, 0.2) is 54.1 Å². The van der Waals surface area contributed by atoms with E-state index in [-0.39, 0.29) is 18.1 Å². The minimum atomic E-state index is -0.685. The van der Waals surface area contributed by atoms with Crippen molar-refractivity contribution in [2.75, 3.05) is 11.9 Å². The van der Waals surface area contributed by atoms with Crippen molar-refractivity contribution in [3.63, 3.8) is 0 Å². The molecule has 0 aliphatic heterocycles. The quantitative estimate of drug-likeness (QED) is 0.499. The molecule has 2 aromatic rings. The average Bonchev–Trinajstić information content (AvgIpc) is 2.60. The molecule has 2 aromatic carbocycles. The number of hydrogen-bond acceptors (Lipinski definition) is 4. The molecule has 0 atom stereocenters. The van der Waals surface area contributed by atoms with E-state index < -0.39 is 5.97 Å². The number of nitrogens with one attached hydrogen (secondary N) is 1. The summed E-state index contributed by atoms with van der Waals surface area (Å²) in [5.74, 6) is -1.03. The number of carbonyl (C=O) groups excluding carboxylic acids is 2. The average molecular weight is 355 g/mol. The lowest BCUT2D eigenvalue weighted by atomic mass is 10.1. The molecule has 1 amide bonds. The first-order chi connectivity index (χ1) is 12.0. The maximum Gasteiger partial charge on any atom is 0.348 e. The Morgan fingerprint density at radius 3 is 2.68 bits per heavy atom. The monoisotopic (exact) mass is 354 g/mol. The van der Waals surface area contributed by atoms with E-state index in [0.29, 0.717) is 21.8 Å². The van der Waals surface area contributed by atoms with Gasteiger partial charge in [0.2, 0.25) is 0 Å². The van der Waals surface area contributed by atoms with Gasteiger partial charge in [0.25, 0.3) is 5.91 Å². The Labute approximate surface area is 150 Å². The van der Waals surface area contributed by atoms with Crippen LogP contribution >= 0.6 is 11.6 Å². The minimum Gasteiger partial charge on any atom is -0.462 e. The third-order valence-electron chi connectivity index (χ3n) is 3.19. The van der Waals surface area contributed by atoms with Crippen molar-refractivity contribution < 1.29 is 14.3 Å². The summed E-state index contributed by atoms with van der Waals surface area (Å²) in [4.78, 5) is 23.9. The molecule has 0 fully saturated rings. The van der Waals surface area contributed by atoms with Crippen molar-refractivity contribution in [1.82, 2.24) is 0 Å². The van der Waals surface area contributed by atoms with Gasteiger partial charge in [0.15, 0.2) is 0 Å². The molecule has 0 spiro atoms. The summed E-state index contributed by atoms with van der Waals surface area (Å²) in [7, 11) is 0. The molecule has 0 aliphatic rings. The second-order valence-corrected chi connectivity index (χ2v) is 5.36. The van der Waals surface area contributed by atoms with E-state index in [1.54, 1.807) is 55.5 Å². The van der Waals surface area contributed by atoms with Gasteiger partial charge >= 0.3 is 5.97 Å². The Balaban J connectivity index is 2.22. The number of benzene rings is 2. The van der Waals surface area contributed by atoms with E-state index in [1.807, 2.05) is 6.07 Å². The molecule has 0 radical (unpaired) electrons.